The van der Waals surface area contributed by atoms with Crippen molar-refractivity contribution in [2.75, 3.05) is 6.54 Å². The first kappa shape index (κ1) is 16.8. The van der Waals surface area contributed by atoms with Gasteiger partial charge in [0.15, 0.2) is 5.69 Å². The minimum absolute atomic E-state index is 0.191. The van der Waals surface area contributed by atoms with Gasteiger partial charge in [0.2, 0.25) is 5.82 Å². The van der Waals surface area contributed by atoms with Gasteiger partial charge >= 0.3 is 5.76 Å². The van der Waals surface area contributed by atoms with Crippen molar-refractivity contribution in [3.63, 3.8) is 0 Å². The Bertz CT molecular complexity index is 1060. The van der Waals surface area contributed by atoms with E-state index in [0.717, 1.165) is 13.0 Å². The molecule has 1 N–H and O–H groups in total. The Hall–Kier alpha value is -2.33. The highest BCUT2D eigenvalue weighted by Crippen LogP contribution is 2.39. The van der Waals surface area contributed by atoms with Gasteiger partial charge in [-0.1, -0.05) is 10.3 Å². The highest BCUT2D eigenvalue weighted by molar-refractivity contribution is 9.10. The zero-order chi connectivity index (χ0) is 18.5. The molecular weight excluding hydrogens is 421 g/mol. The van der Waals surface area contributed by atoms with E-state index in [9.17, 15) is 9.18 Å². The van der Waals surface area contributed by atoms with Crippen molar-refractivity contribution in [2.45, 2.75) is 25.3 Å². The Morgan fingerprint density at radius 3 is 2.93 bits per heavy atom. The first-order chi connectivity index (χ1) is 13.1. The molecule has 1 aliphatic carbocycles. The molecule has 3 atom stereocenters. The topological polar surface area (TPSA) is 99.0 Å². The van der Waals surface area contributed by atoms with Gasteiger partial charge in [-0.25, -0.2) is 18.4 Å². The molecule has 0 amide bonds. The molecule has 10 heteroatoms. The number of fused-ring (bicyclic) bond motifs is 2. The van der Waals surface area contributed by atoms with Crippen LogP contribution < -0.4 is 11.1 Å². The molecule has 2 bridgehead atoms. The maximum absolute atomic E-state index is 13.6. The van der Waals surface area contributed by atoms with Gasteiger partial charge in [0.25, 0.3) is 0 Å². The lowest BCUT2D eigenvalue weighted by atomic mass is 9.90. The lowest BCUT2D eigenvalue weighted by Crippen LogP contribution is -2.30. The Kier molecular flexibility index (Phi) is 3.97. The minimum Gasteiger partial charge on any atom is -0.314 e. The second-order valence-electron chi connectivity index (χ2n) is 7.07. The first-order valence-electron chi connectivity index (χ1n) is 8.69. The summed E-state index contributed by atoms with van der Waals surface area (Å²) in [6.45, 7) is 1.02. The van der Waals surface area contributed by atoms with E-state index in [0.29, 0.717) is 41.4 Å². The molecular formula is C17H15BrFN5O3. The molecule has 140 valence electrons. The van der Waals surface area contributed by atoms with Gasteiger partial charge in [0.05, 0.1) is 10.2 Å². The fourth-order valence-electron chi connectivity index (χ4n) is 4.21. The molecule has 5 rings (SSSR count). The van der Waals surface area contributed by atoms with Gasteiger partial charge in [-0.2, -0.15) is 0 Å². The van der Waals surface area contributed by atoms with Crippen molar-refractivity contribution in [3.8, 4) is 17.2 Å². The van der Waals surface area contributed by atoms with Crippen molar-refractivity contribution in [1.82, 2.24) is 25.4 Å². The van der Waals surface area contributed by atoms with Crippen LogP contribution >= 0.6 is 15.9 Å². The third-order valence-electron chi connectivity index (χ3n) is 5.50. The number of nitrogens with zero attached hydrogens (tertiary/aromatic N) is 4. The summed E-state index contributed by atoms with van der Waals surface area (Å²) in [6, 6.07) is 4.78. The van der Waals surface area contributed by atoms with Crippen molar-refractivity contribution in [2.24, 2.45) is 11.8 Å². The number of rotatable bonds is 4. The summed E-state index contributed by atoms with van der Waals surface area (Å²) < 4.78 is 24.8. The van der Waals surface area contributed by atoms with Crippen LogP contribution in [0.15, 0.2) is 36.6 Å². The van der Waals surface area contributed by atoms with Crippen LogP contribution in [-0.4, -0.2) is 32.6 Å². The van der Waals surface area contributed by atoms with Gasteiger partial charge in [-0.3, -0.25) is 4.52 Å². The highest BCUT2D eigenvalue weighted by atomic mass is 79.9. The van der Waals surface area contributed by atoms with E-state index in [1.165, 1.54) is 29.2 Å². The largest absolute Gasteiger partial charge is 0.446 e. The minimum atomic E-state index is -0.693. The molecule has 27 heavy (non-hydrogen) atoms. The Balaban J connectivity index is 1.52. The van der Waals surface area contributed by atoms with E-state index in [1.807, 2.05) is 0 Å². The monoisotopic (exact) mass is 435 g/mol. The smallest absolute Gasteiger partial charge is 0.314 e. The number of aromatic nitrogens is 4. The summed E-state index contributed by atoms with van der Waals surface area (Å²) in [5, 5.41) is 15.4. The predicted octanol–water partition coefficient (Wildman–Crippen LogP) is 2.32. The first-order valence-corrected chi connectivity index (χ1v) is 9.49. The van der Waals surface area contributed by atoms with E-state index >= 15 is 0 Å². The second kappa shape index (κ2) is 6.38. The number of nitrogens with one attached hydrogen (secondary N) is 1. The van der Waals surface area contributed by atoms with Crippen LogP contribution in [0.1, 0.15) is 18.5 Å². The van der Waals surface area contributed by atoms with Gasteiger partial charge < -0.3 is 5.32 Å². The Labute approximate surface area is 160 Å². The van der Waals surface area contributed by atoms with E-state index in [-0.39, 0.29) is 10.3 Å². The van der Waals surface area contributed by atoms with Crippen LogP contribution in [0.2, 0.25) is 0 Å². The average Bonchev–Trinajstić information content (AvgIpc) is 3.42. The number of halogens is 2. The summed E-state index contributed by atoms with van der Waals surface area (Å²) in [5.41, 5.74) is 1.43. The molecule has 0 spiro atoms. The maximum atomic E-state index is 13.6. The molecule has 3 aromatic rings. The fourth-order valence-corrected chi connectivity index (χ4v) is 4.57. The average molecular weight is 436 g/mol. The molecule has 3 unspecified atom stereocenters. The van der Waals surface area contributed by atoms with Gasteiger partial charge in [-0.05, 0) is 76.9 Å². The van der Waals surface area contributed by atoms with Crippen LogP contribution in [0.25, 0.3) is 17.2 Å². The Morgan fingerprint density at radius 2 is 2.19 bits per heavy atom. The van der Waals surface area contributed by atoms with E-state index in [2.05, 4.69) is 36.7 Å². The molecule has 2 aliphatic rings. The molecule has 2 fully saturated rings. The van der Waals surface area contributed by atoms with Crippen molar-refractivity contribution >= 4 is 15.9 Å². The van der Waals surface area contributed by atoms with E-state index in [1.54, 1.807) is 0 Å². The summed E-state index contributed by atoms with van der Waals surface area (Å²) >= 11 is 3.13. The predicted molar refractivity (Wildman–Crippen MR) is 94.8 cm³/mol. The number of hydrogen-bond acceptors (Lipinski definition) is 7. The van der Waals surface area contributed by atoms with Gasteiger partial charge in [0, 0.05) is 6.04 Å². The molecule has 8 nitrogen and oxygen atoms in total. The number of benzene rings is 1. The summed E-state index contributed by atoms with van der Waals surface area (Å²) in [4.78, 5) is 12.2. The number of hydrogen-bond donors (Lipinski definition) is 1. The van der Waals surface area contributed by atoms with Crippen molar-refractivity contribution < 1.29 is 13.5 Å². The lowest BCUT2D eigenvalue weighted by Gasteiger charge is -2.21. The molecule has 1 aliphatic heterocycles. The van der Waals surface area contributed by atoms with Gasteiger partial charge in [-0.15, -0.1) is 0 Å². The third-order valence-corrected chi connectivity index (χ3v) is 6.11. The van der Waals surface area contributed by atoms with Crippen LogP contribution in [0.3, 0.4) is 0 Å². The fraction of sp³-hybridized carbons (Fsp3) is 0.412. The summed E-state index contributed by atoms with van der Waals surface area (Å²) in [7, 11) is 0. The Morgan fingerprint density at radius 1 is 1.30 bits per heavy atom. The molecule has 2 aromatic heterocycles. The molecule has 1 aromatic carbocycles. The van der Waals surface area contributed by atoms with Gasteiger partial charge in [0.1, 0.15) is 11.5 Å². The molecule has 1 saturated carbocycles. The van der Waals surface area contributed by atoms with E-state index in [4.69, 9.17) is 9.15 Å². The quantitative estimate of drug-likeness (QED) is 0.670. The molecule has 1 saturated heterocycles. The van der Waals surface area contributed by atoms with E-state index < -0.39 is 11.6 Å². The van der Waals surface area contributed by atoms with Crippen LogP contribution in [0, 0.1) is 17.7 Å². The summed E-state index contributed by atoms with van der Waals surface area (Å²) in [5.74, 6) is 0.178. The zero-order valence-electron chi connectivity index (χ0n) is 14.1. The second-order valence-corrected chi connectivity index (χ2v) is 7.92. The van der Waals surface area contributed by atoms with Crippen molar-refractivity contribution in [3.05, 3.63) is 44.7 Å². The molecule has 0 radical (unpaired) electrons. The maximum Gasteiger partial charge on any atom is 0.446 e. The normalized spacial score (nSPS) is 24.0. The summed E-state index contributed by atoms with van der Waals surface area (Å²) in [6.07, 6.45) is 2.98. The standard InChI is InChI=1S/C17H15BrFN5O3/c18-12-6-11(1-2-13(12)19)24-16(23-26-17(24)25)15-14(21-27-22-15)5-8-3-10-4-9(8)7-20-10/h1-2,6,8-10,20H,3-5,7H2. The SMILES string of the molecule is O=c1onc(-c2nonc2CC2CC3CC2CN3)n1-c1ccc(F)c(Br)c1. The lowest BCUT2D eigenvalue weighted by molar-refractivity contribution is 0.294. The zero-order valence-corrected chi connectivity index (χ0v) is 15.6. The van der Waals surface area contributed by atoms with Crippen LogP contribution in [-0.2, 0) is 6.42 Å². The molecule has 3 heterocycles. The highest BCUT2D eigenvalue weighted by Gasteiger charge is 2.40. The number of piperidine rings is 1. The van der Waals surface area contributed by atoms with Crippen molar-refractivity contribution in [1.29, 1.82) is 0 Å². The third kappa shape index (κ3) is 2.83. The van der Waals surface area contributed by atoms with Crippen LogP contribution in [0.5, 0.6) is 0 Å². The van der Waals surface area contributed by atoms with Crippen LogP contribution in [0.4, 0.5) is 4.39 Å².